The van der Waals surface area contributed by atoms with Crippen molar-refractivity contribution in [3.8, 4) is 0 Å². The van der Waals surface area contributed by atoms with Crippen LogP contribution in [0.3, 0.4) is 0 Å². The molecule has 0 spiro atoms. The van der Waals surface area contributed by atoms with Crippen LogP contribution >= 0.6 is 0 Å². The Kier molecular flexibility index (Phi) is 4.66. The third-order valence-corrected chi connectivity index (χ3v) is 2.96. The Morgan fingerprint density at radius 1 is 1.25 bits per heavy atom. The fraction of sp³-hybridized carbons (Fsp3) is 0.176. The van der Waals surface area contributed by atoms with Crippen LogP contribution in [0.2, 0.25) is 0 Å². The van der Waals surface area contributed by atoms with Gasteiger partial charge in [-0.15, -0.1) is 0 Å². The summed E-state index contributed by atoms with van der Waals surface area (Å²) in [6.07, 6.45) is 5.09. The molecule has 0 aliphatic rings. The Morgan fingerprint density at radius 2 is 2.10 bits per heavy atom. The molecule has 0 saturated heterocycles. The summed E-state index contributed by atoms with van der Waals surface area (Å²) in [6, 6.07) is 13.6. The highest BCUT2D eigenvalue weighted by Crippen LogP contribution is 2.09. The average Bonchev–Trinajstić information content (AvgIpc) is 2.46. The van der Waals surface area contributed by atoms with Crippen molar-refractivity contribution in [3.63, 3.8) is 0 Å². The van der Waals surface area contributed by atoms with Gasteiger partial charge in [0.25, 0.3) is 0 Å². The van der Waals surface area contributed by atoms with Gasteiger partial charge in [0, 0.05) is 12.3 Å². The van der Waals surface area contributed by atoms with Crippen molar-refractivity contribution in [1.82, 2.24) is 10.3 Å². The number of amides is 1. The smallest absolute Gasteiger partial charge is 0.244 e. The highest BCUT2D eigenvalue weighted by atomic mass is 16.1. The molecule has 0 fully saturated rings. The number of hydrogen-bond acceptors (Lipinski definition) is 2. The highest BCUT2D eigenvalue weighted by molar-refractivity contribution is 5.91. The number of rotatable bonds is 4. The lowest BCUT2D eigenvalue weighted by molar-refractivity contribution is -0.117. The van der Waals surface area contributed by atoms with Gasteiger partial charge in [0.05, 0.1) is 11.7 Å². The molecule has 1 aromatic heterocycles. The van der Waals surface area contributed by atoms with Crippen molar-refractivity contribution in [3.05, 3.63) is 71.6 Å². The van der Waals surface area contributed by atoms with Crippen LogP contribution in [0.15, 0.2) is 54.7 Å². The van der Waals surface area contributed by atoms with Crippen molar-refractivity contribution in [1.29, 1.82) is 0 Å². The summed E-state index contributed by atoms with van der Waals surface area (Å²) < 4.78 is 0. The molecule has 102 valence electrons. The zero-order chi connectivity index (χ0) is 14.4. The largest absolute Gasteiger partial charge is 0.344 e. The Morgan fingerprint density at radius 3 is 2.80 bits per heavy atom. The van der Waals surface area contributed by atoms with Crippen LogP contribution in [0.1, 0.15) is 29.8 Å². The quantitative estimate of drug-likeness (QED) is 0.863. The van der Waals surface area contributed by atoms with Gasteiger partial charge in [-0.1, -0.05) is 35.9 Å². The van der Waals surface area contributed by atoms with Gasteiger partial charge in [0.15, 0.2) is 0 Å². The van der Waals surface area contributed by atoms with Crippen molar-refractivity contribution in [2.24, 2.45) is 0 Å². The van der Waals surface area contributed by atoms with E-state index in [2.05, 4.69) is 10.3 Å². The van der Waals surface area contributed by atoms with Crippen LogP contribution in [0, 0.1) is 6.92 Å². The lowest BCUT2D eigenvalue weighted by Crippen LogP contribution is -2.25. The molecular formula is C17H18N2O. The lowest BCUT2D eigenvalue weighted by atomic mass is 10.1. The summed E-state index contributed by atoms with van der Waals surface area (Å²) in [6.45, 7) is 3.95. The summed E-state index contributed by atoms with van der Waals surface area (Å²) >= 11 is 0. The maximum Gasteiger partial charge on any atom is 0.244 e. The fourth-order valence-corrected chi connectivity index (χ4v) is 1.91. The third kappa shape index (κ3) is 4.05. The van der Waals surface area contributed by atoms with Crippen molar-refractivity contribution < 1.29 is 4.79 Å². The SMILES string of the molecule is Cc1cccc(/C=C/C(=O)N[C@@H](C)c2ccccn2)c1. The molecule has 1 N–H and O–H groups in total. The van der Waals surface area contributed by atoms with Gasteiger partial charge in [-0.05, 0) is 37.6 Å². The van der Waals surface area contributed by atoms with E-state index in [1.807, 2.05) is 62.4 Å². The molecule has 3 nitrogen and oxygen atoms in total. The molecule has 1 aromatic carbocycles. The van der Waals surface area contributed by atoms with Crippen LogP contribution in [-0.4, -0.2) is 10.9 Å². The minimum atomic E-state index is -0.121. The Labute approximate surface area is 119 Å². The molecule has 2 rings (SSSR count). The van der Waals surface area contributed by atoms with Crippen LogP contribution < -0.4 is 5.32 Å². The molecule has 3 heteroatoms. The fourth-order valence-electron chi connectivity index (χ4n) is 1.91. The Balaban J connectivity index is 1.96. The maximum absolute atomic E-state index is 11.9. The molecule has 2 aromatic rings. The molecule has 0 bridgehead atoms. The second-order valence-corrected chi connectivity index (χ2v) is 4.73. The normalized spacial score (nSPS) is 12.3. The van der Waals surface area contributed by atoms with Crippen molar-refractivity contribution in [2.75, 3.05) is 0 Å². The van der Waals surface area contributed by atoms with Gasteiger partial charge in [0.2, 0.25) is 5.91 Å². The van der Waals surface area contributed by atoms with Gasteiger partial charge in [-0.3, -0.25) is 9.78 Å². The van der Waals surface area contributed by atoms with E-state index in [9.17, 15) is 4.79 Å². The summed E-state index contributed by atoms with van der Waals surface area (Å²) in [7, 11) is 0. The summed E-state index contributed by atoms with van der Waals surface area (Å²) in [5.41, 5.74) is 3.05. The van der Waals surface area contributed by atoms with E-state index in [4.69, 9.17) is 0 Å². The lowest BCUT2D eigenvalue weighted by Gasteiger charge is -2.11. The van der Waals surface area contributed by atoms with E-state index in [1.54, 1.807) is 12.3 Å². The predicted octanol–water partition coefficient (Wildman–Crippen LogP) is 3.28. The zero-order valence-electron chi connectivity index (χ0n) is 11.7. The van der Waals surface area contributed by atoms with Crippen LogP contribution in [0.4, 0.5) is 0 Å². The van der Waals surface area contributed by atoms with Crippen LogP contribution in [-0.2, 0) is 4.79 Å². The third-order valence-electron chi connectivity index (χ3n) is 2.96. The number of carbonyl (C=O) groups is 1. The van der Waals surface area contributed by atoms with E-state index in [0.29, 0.717) is 0 Å². The first-order valence-electron chi connectivity index (χ1n) is 6.61. The number of nitrogens with one attached hydrogen (secondary N) is 1. The second-order valence-electron chi connectivity index (χ2n) is 4.73. The molecule has 0 aliphatic carbocycles. The highest BCUT2D eigenvalue weighted by Gasteiger charge is 2.07. The molecule has 1 heterocycles. The van der Waals surface area contributed by atoms with Gasteiger partial charge in [0.1, 0.15) is 0 Å². The molecule has 1 amide bonds. The summed E-state index contributed by atoms with van der Waals surface area (Å²) in [5.74, 6) is -0.121. The minimum Gasteiger partial charge on any atom is -0.344 e. The predicted molar refractivity (Wildman–Crippen MR) is 81.0 cm³/mol. The van der Waals surface area contributed by atoms with Gasteiger partial charge >= 0.3 is 0 Å². The van der Waals surface area contributed by atoms with E-state index in [0.717, 1.165) is 11.3 Å². The van der Waals surface area contributed by atoms with Gasteiger partial charge in [-0.25, -0.2) is 0 Å². The Bertz CT molecular complexity index is 605. The number of nitrogens with zero attached hydrogens (tertiary/aromatic N) is 1. The Hall–Kier alpha value is -2.42. The molecule has 0 unspecified atom stereocenters. The number of benzene rings is 1. The molecule has 0 saturated carbocycles. The summed E-state index contributed by atoms with van der Waals surface area (Å²) in [5, 5.41) is 2.89. The summed E-state index contributed by atoms with van der Waals surface area (Å²) in [4.78, 5) is 16.1. The first-order chi connectivity index (χ1) is 9.65. The molecule has 20 heavy (non-hydrogen) atoms. The number of hydrogen-bond donors (Lipinski definition) is 1. The number of aromatic nitrogens is 1. The van der Waals surface area contributed by atoms with Crippen molar-refractivity contribution in [2.45, 2.75) is 19.9 Å². The topological polar surface area (TPSA) is 42.0 Å². The average molecular weight is 266 g/mol. The van der Waals surface area contributed by atoms with Crippen LogP contribution in [0.5, 0.6) is 0 Å². The first-order valence-corrected chi connectivity index (χ1v) is 6.61. The monoisotopic (exact) mass is 266 g/mol. The minimum absolute atomic E-state index is 0.106. The van der Waals surface area contributed by atoms with E-state index < -0.39 is 0 Å². The van der Waals surface area contributed by atoms with Gasteiger partial charge in [-0.2, -0.15) is 0 Å². The maximum atomic E-state index is 11.9. The second kappa shape index (κ2) is 6.66. The number of carbonyl (C=O) groups excluding carboxylic acids is 1. The van der Waals surface area contributed by atoms with Gasteiger partial charge < -0.3 is 5.32 Å². The van der Waals surface area contributed by atoms with E-state index in [1.165, 1.54) is 5.56 Å². The van der Waals surface area contributed by atoms with E-state index in [-0.39, 0.29) is 11.9 Å². The van der Waals surface area contributed by atoms with E-state index >= 15 is 0 Å². The molecule has 1 atom stereocenters. The molecule has 0 aliphatic heterocycles. The molecule has 0 radical (unpaired) electrons. The zero-order valence-corrected chi connectivity index (χ0v) is 11.7. The molecular weight excluding hydrogens is 248 g/mol. The first kappa shape index (κ1) is 14.0. The van der Waals surface area contributed by atoms with Crippen molar-refractivity contribution >= 4 is 12.0 Å². The number of aryl methyl sites for hydroxylation is 1. The number of pyridine rings is 1. The van der Waals surface area contributed by atoms with Crippen LogP contribution in [0.25, 0.3) is 6.08 Å². The standard InChI is InChI=1S/C17H18N2O/c1-13-6-5-7-15(12-13)9-10-17(20)19-14(2)16-8-3-4-11-18-16/h3-12,14H,1-2H3,(H,19,20)/b10-9+/t14-/m0/s1.